The zero-order chi connectivity index (χ0) is 18.9. The molecule has 1 aromatic carbocycles. The molecular weight excluding hydrogens is 334 g/mol. The normalized spacial score (nSPS) is 14.6. The van der Waals surface area contributed by atoms with Crippen molar-refractivity contribution >= 4 is 5.95 Å². The van der Waals surface area contributed by atoms with E-state index in [1.54, 1.807) is 21.3 Å². The predicted octanol–water partition coefficient (Wildman–Crippen LogP) is 3.00. The minimum absolute atomic E-state index is 0.163. The summed E-state index contributed by atoms with van der Waals surface area (Å²) in [5.41, 5.74) is 2.18. The highest BCUT2D eigenvalue weighted by Crippen LogP contribution is 2.43. The number of anilines is 1. The van der Waals surface area contributed by atoms with Crippen LogP contribution in [0.3, 0.4) is 0 Å². The lowest BCUT2D eigenvalue weighted by atomic mass is 9.97. The molecule has 7 heteroatoms. The van der Waals surface area contributed by atoms with Crippen LogP contribution in [0.25, 0.3) is 0 Å². The smallest absolute Gasteiger partial charge is 0.266 e. The molecule has 0 saturated heterocycles. The Morgan fingerprint density at radius 3 is 2.27 bits per heavy atom. The molecule has 142 valence electrons. The first-order chi connectivity index (χ1) is 12.4. The highest BCUT2D eigenvalue weighted by Gasteiger charge is 2.27. The lowest BCUT2D eigenvalue weighted by Crippen LogP contribution is -2.27. The maximum absolute atomic E-state index is 5.65. The molecule has 0 atom stereocenters. The zero-order valence-electron chi connectivity index (χ0n) is 16.4. The van der Waals surface area contributed by atoms with Crippen LogP contribution in [0.2, 0.25) is 0 Å². The summed E-state index contributed by atoms with van der Waals surface area (Å²) in [7, 11) is 4.93. The third-order valence-electron chi connectivity index (χ3n) is 4.65. The largest absolute Gasteiger partial charge is 0.493 e. The van der Waals surface area contributed by atoms with Crippen molar-refractivity contribution in [2.75, 3.05) is 39.3 Å². The first-order valence-electron chi connectivity index (χ1n) is 8.79. The predicted molar refractivity (Wildman–Crippen MR) is 98.7 cm³/mol. The molecule has 3 rings (SSSR count). The summed E-state index contributed by atoms with van der Waals surface area (Å²) in [5.74, 6) is 3.35. The van der Waals surface area contributed by atoms with Crippen molar-refractivity contribution in [1.82, 2.24) is 10.1 Å². The van der Waals surface area contributed by atoms with E-state index in [4.69, 9.17) is 18.7 Å². The third kappa shape index (κ3) is 3.30. The van der Waals surface area contributed by atoms with Crippen molar-refractivity contribution in [3.05, 3.63) is 23.1 Å². The topological polar surface area (TPSA) is 69.8 Å². The van der Waals surface area contributed by atoms with Crippen LogP contribution in [0.5, 0.6) is 17.2 Å². The SMILES string of the molecule is COc1cc2c(c(OC)c1OC)CCN(c1noc(C(C)(C)C)n1)CC2. The minimum Gasteiger partial charge on any atom is -0.493 e. The maximum Gasteiger partial charge on any atom is 0.266 e. The first kappa shape index (κ1) is 18.4. The van der Waals surface area contributed by atoms with Crippen molar-refractivity contribution in [3.8, 4) is 17.2 Å². The number of rotatable bonds is 4. The van der Waals surface area contributed by atoms with Gasteiger partial charge >= 0.3 is 0 Å². The summed E-state index contributed by atoms with van der Waals surface area (Å²) in [4.78, 5) is 6.74. The Hall–Kier alpha value is -2.44. The number of nitrogens with zero attached hydrogens (tertiary/aromatic N) is 3. The Bertz CT molecular complexity index is 780. The van der Waals surface area contributed by atoms with Crippen molar-refractivity contribution in [2.24, 2.45) is 0 Å². The highest BCUT2D eigenvalue weighted by atomic mass is 16.5. The lowest BCUT2D eigenvalue weighted by molar-refractivity contribution is 0.320. The molecule has 0 unspecified atom stereocenters. The van der Waals surface area contributed by atoms with Crippen molar-refractivity contribution < 1.29 is 18.7 Å². The van der Waals surface area contributed by atoms with Crippen molar-refractivity contribution in [1.29, 1.82) is 0 Å². The van der Waals surface area contributed by atoms with Gasteiger partial charge in [-0.2, -0.15) is 4.98 Å². The van der Waals surface area contributed by atoms with Gasteiger partial charge in [-0.25, -0.2) is 0 Å². The van der Waals surface area contributed by atoms with E-state index in [2.05, 4.69) is 35.8 Å². The molecular formula is C19H27N3O4. The van der Waals surface area contributed by atoms with Crippen LogP contribution in [-0.2, 0) is 18.3 Å². The third-order valence-corrected chi connectivity index (χ3v) is 4.65. The van der Waals surface area contributed by atoms with Crippen LogP contribution in [0.15, 0.2) is 10.6 Å². The molecule has 0 amide bonds. The number of methoxy groups -OCH3 is 3. The first-order valence-corrected chi connectivity index (χ1v) is 8.79. The molecule has 2 heterocycles. The fourth-order valence-corrected chi connectivity index (χ4v) is 3.23. The molecule has 0 spiro atoms. The molecule has 0 bridgehead atoms. The lowest BCUT2D eigenvalue weighted by Gasteiger charge is -2.18. The van der Waals surface area contributed by atoms with Crippen LogP contribution >= 0.6 is 0 Å². The summed E-state index contributed by atoms with van der Waals surface area (Å²) in [5, 5.41) is 4.18. The molecule has 0 fully saturated rings. The van der Waals surface area contributed by atoms with Gasteiger partial charge < -0.3 is 23.6 Å². The van der Waals surface area contributed by atoms with Gasteiger partial charge in [0.05, 0.1) is 21.3 Å². The van der Waals surface area contributed by atoms with E-state index in [9.17, 15) is 0 Å². The zero-order valence-corrected chi connectivity index (χ0v) is 16.4. The molecule has 26 heavy (non-hydrogen) atoms. The molecule has 1 aromatic heterocycles. The Balaban J connectivity index is 1.90. The number of ether oxygens (including phenoxy) is 3. The van der Waals surface area contributed by atoms with Gasteiger partial charge in [0.25, 0.3) is 5.95 Å². The van der Waals surface area contributed by atoms with Gasteiger partial charge in [0.1, 0.15) is 0 Å². The van der Waals surface area contributed by atoms with Crippen LogP contribution in [0, 0.1) is 0 Å². The van der Waals surface area contributed by atoms with Crippen LogP contribution in [0.1, 0.15) is 37.8 Å². The highest BCUT2D eigenvalue weighted by molar-refractivity contribution is 5.60. The Kier molecular flexibility index (Phi) is 4.98. The summed E-state index contributed by atoms with van der Waals surface area (Å²) in [6.45, 7) is 7.76. The quantitative estimate of drug-likeness (QED) is 0.829. The Morgan fingerprint density at radius 2 is 1.69 bits per heavy atom. The fourth-order valence-electron chi connectivity index (χ4n) is 3.23. The van der Waals surface area contributed by atoms with E-state index in [1.165, 1.54) is 5.56 Å². The van der Waals surface area contributed by atoms with Crippen molar-refractivity contribution in [2.45, 2.75) is 39.0 Å². The summed E-state index contributed by atoms with van der Waals surface area (Å²) >= 11 is 0. The van der Waals surface area contributed by atoms with Gasteiger partial charge in [0, 0.05) is 24.1 Å². The molecule has 0 aliphatic carbocycles. The summed E-state index contributed by atoms with van der Waals surface area (Å²) in [6, 6.07) is 2.04. The average molecular weight is 361 g/mol. The van der Waals surface area contributed by atoms with E-state index in [-0.39, 0.29) is 5.41 Å². The second kappa shape index (κ2) is 7.05. The molecule has 1 aliphatic heterocycles. The van der Waals surface area contributed by atoms with Gasteiger partial charge in [-0.1, -0.05) is 20.8 Å². The standard InChI is InChI=1S/C19H27N3O4/c1-19(2,3)17-20-18(21-26-17)22-9-7-12-11-14(23-4)16(25-6)15(24-5)13(12)8-10-22/h11H,7-10H2,1-6H3. The number of hydrogen-bond donors (Lipinski definition) is 0. The van der Waals surface area contributed by atoms with E-state index in [1.807, 2.05) is 6.07 Å². The van der Waals surface area contributed by atoms with E-state index in [0.717, 1.165) is 37.2 Å². The average Bonchev–Trinajstić information content (AvgIpc) is 3.02. The summed E-state index contributed by atoms with van der Waals surface area (Å²) in [6.07, 6.45) is 1.64. The van der Waals surface area contributed by atoms with Crippen LogP contribution in [0.4, 0.5) is 5.95 Å². The number of aromatic nitrogens is 2. The van der Waals surface area contributed by atoms with Gasteiger partial charge in [-0.05, 0) is 29.6 Å². The van der Waals surface area contributed by atoms with E-state index >= 15 is 0 Å². The van der Waals surface area contributed by atoms with Gasteiger partial charge in [0.15, 0.2) is 11.5 Å². The molecule has 7 nitrogen and oxygen atoms in total. The number of hydrogen-bond acceptors (Lipinski definition) is 7. The Morgan fingerprint density at radius 1 is 1.00 bits per heavy atom. The molecule has 2 aromatic rings. The number of fused-ring (bicyclic) bond motifs is 1. The van der Waals surface area contributed by atoms with Crippen LogP contribution in [-0.4, -0.2) is 44.6 Å². The van der Waals surface area contributed by atoms with E-state index in [0.29, 0.717) is 23.3 Å². The fraction of sp³-hybridized carbons (Fsp3) is 0.579. The van der Waals surface area contributed by atoms with Gasteiger partial charge in [-0.15, -0.1) is 0 Å². The minimum atomic E-state index is -0.163. The monoisotopic (exact) mass is 361 g/mol. The Labute approximate surface area is 154 Å². The van der Waals surface area contributed by atoms with Crippen molar-refractivity contribution in [3.63, 3.8) is 0 Å². The second-order valence-corrected chi connectivity index (χ2v) is 7.42. The van der Waals surface area contributed by atoms with Crippen LogP contribution < -0.4 is 19.1 Å². The summed E-state index contributed by atoms with van der Waals surface area (Å²) < 4.78 is 22.1. The van der Waals surface area contributed by atoms with E-state index < -0.39 is 0 Å². The van der Waals surface area contributed by atoms with Gasteiger partial charge in [0.2, 0.25) is 11.6 Å². The molecule has 0 saturated carbocycles. The maximum atomic E-state index is 5.65. The molecule has 1 aliphatic rings. The van der Waals surface area contributed by atoms with Gasteiger partial charge in [-0.3, -0.25) is 0 Å². The number of benzene rings is 1. The molecule has 0 radical (unpaired) electrons. The molecule has 0 N–H and O–H groups in total. The second-order valence-electron chi connectivity index (χ2n) is 7.42.